The van der Waals surface area contributed by atoms with Crippen molar-refractivity contribution in [1.29, 1.82) is 0 Å². The first-order chi connectivity index (χ1) is 12.1. The minimum Gasteiger partial charge on any atom is -0.469 e. The highest BCUT2D eigenvalue weighted by atomic mass is 16.5. The van der Waals surface area contributed by atoms with E-state index in [4.69, 9.17) is 4.74 Å². The van der Waals surface area contributed by atoms with E-state index in [2.05, 4.69) is 12.2 Å². The highest BCUT2D eigenvalue weighted by Gasteiger charge is 2.33. The average Bonchev–Trinajstić information content (AvgIpc) is 2.89. The van der Waals surface area contributed by atoms with Crippen molar-refractivity contribution >= 4 is 5.97 Å². The number of ether oxygens (including phenoxy) is 1. The molecule has 146 valence electrons. The van der Waals surface area contributed by atoms with Crippen LogP contribution in [0.25, 0.3) is 0 Å². The highest BCUT2D eigenvalue weighted by Crippen LogP contribution is 2.34. The van der Waals surface area contributed by atoms with Crippen LogP contribution in [-0.2, 0) is 9.53 Å². The second-order valence-electron chi connectivity index (χ2n) is 8.93. The molecular weight excluding hydrogens is 310 g/mol. The fraction of sp³-hybridized carbons (Fsp3) is 0.955. The Kier molecular flexibility index (Phi) is 9.30. The molecule has 0 saturated heterocycles. The molecule has 0 aromatic rings. The van der Waals surface area contributed by atoms with Gasteiger partial charge in [0, 0.05) is 0 Å². The lowest BCUT2D eigenvalue weighted by Gasteiger charge is -2.29. The first-order valence-corrected chi connectivity index (χ1v) is 10.9. The van der Waals surface area contributed by atoms with Gasteiger partial charge >= 0.3 is 5.97 Å². The predicted molar refractivity (Wildman–Crippen MR) is 105 cm³/mol. The number of methoxy groups -OCH3 is 1. The predicted octanol–water partition coefficient (Wildman–Crippen LogP) is 5.48. The van der Waals surface area contributed by atoms with Crippen LogP contribution in [0.15, 0.2) is 0 Å². The molecule has 0 amide bonds. The molecule has 25 heavy (non-hydrogen) atoms. The SMILES string of the molecule is COC(=O)C1(C)CCCCCC(CNCC2CCCCCC2)CCC1. The zero-order chi connectivity index (χ0) is 18.0. The van der Waals surface area contributed by atoms with Crippen molar-refractivity contribution in [1.82, 2.24) is 5.32 Å². The van der Waals surface area contributed by atoms with Gasteiger partial charge in [-0.05, 0) is 70.4 Å². The van der Waals surface area contributed by atoms with E-state index < -0.39 is 0 Å². The van der Waals surface area contributed by atoms with Crippen molar-refractivity contribution in [2.75, 3.05) is 20.2 Å². The second-order valence-corrected chi connectivity index (χ2v) is 8.93. The molecule has 0 aromatic carbocycles. The van der Waals surface area contributed by atoms with E-state index in [1.807, 2.05) is 0 Å². The summed E-state index contributed by atoms with van der Waals surface area (Å²) in [5.74, 6) is 1.69. The number of nitrogens with one attached hydrogen (secondary N) is 1. The molecule has 2 aliphatic carbocycles. The van der Waals surface area contributed by atoms with Gasteiger partial charge in [-0.3, -0.25) is 4.79 Å². The molecule has 0 spiro atoms. The second kappa shape index (κ2) is 11.2. The van der Waals surface area contributed by atoms with E-state index >= 15 is 0 Å². The highest BCUT2D eigenvalue weighted by molar-refractivity contribution is 5.76. The summed E-state index contributed by atoms with van der Waals surface area (Å²) in [5.41, 5.74) is -0.260. The van der Waals surface area contributed by atoms with Gasteiger partial charge in [0.2, 0.25) is 0 Å². The van der Waals surface area contributed by atoms with E-state index in [0.29, 0.717) is 0 Å². The van der Waals surface area contributed by atoms with Crippen LogP contribution in [-0.4, -0.2) is 26.2 Å². The van der Waals surface area contributed by atoms with Crippen LogP contribution < -0.4 is 5.32 Å². The Balaban J connectivity index is 1.74. The maximum Gasteiger partial charge on any atom is 0.311 e. The molecule has 0 radical (unpaired) electrons. The van der Waals surface area contributed by atoms with Crippen LogP contribution in [0, 0.1) is 17.3 Å². The van der Waals surface area contributed by atoms with Gasteiger partial charge in [-0.1, -0.05) is 51.4 Å². The molecule has 2 unspecified atom stereocenters. The van der Waals surface area contributed by atoms with Crippen molar-refractivity contribution in [2.45, 2.75) is 96.8 Å². The zero-order valence-electron chi connectivity index (χ0n) is 16.8. The third-order valence-corrected chi connectivity index (χ3v) is 6.70. The van der Waals surface area contributed by atoms with Crippen molar-refractivity contribution in [3.8, 4) is 0 Å². The summed E-state index contributed by atoms with van der Waals surface area (Å²) in [6.07, 6.45) is 18.1. The molecule has 2 saturated carbocycles. The minimum atomic E-state index is -0.260. The number of carbonyl (C=O) groups is 1. The number of rotatable bonds is 5. The van der Waals surface area contributed by atoms with Crippen molar-refractivity contribution in [2.24, 2.45) is 17.3 Å². The van der Waals surface area contributed by atoms with Crippen LogP contribution in [0.5, 0.6) is 0 Å². The Labute approximate surface area is 155 Å². The van der Waals surface area contributed by atoms with Crippen LogP contribution in [0.4, 0.5) is 0 Å². The van der Waals surface area contributed by atoms with E-state index in [1.165, 1.54) is 84.4 Å². The van der Waals surface area contributed by atoms with Crippen molar-refractivity contribution < 1.29 is 9.53 Å². The Morgan fingerprint density at radius 1 is 0.840 bits per heavy atom. The summed E-state index contributed by atoms with van der Waals surface area (Å²) in [6, 6.07) is 0. The Morgan fingerprint density at radius 3 is 1.88 bits per heavy atom. The Hall–Kier alpha value is -0.570. The van der Waals surface area contributed by atoms with Gasteiger partial charge in [0.15, 0.2) is 0 Å². The van der Waals surface area contributed by atoms with Gasteiger partial charge in [0.05, 0.1) is 12.5 Å². The van der Waals surface area contributed by atoms with Crippen LogP contribution in [0.1, 0.15) is 96.8 Å². The first kappa shape index (κ1) is 20.7. The summed E-state index contributed by atoms with van der Waals surface area (Å²) >= 11 is 0. The van der Waals surface area contributed by atoms with Crippen molar-refractivity contribution in [3.63, 3.8) is 0 Å². The van der Waals surface area contributed by atoms with Gasteiger partial charge < -0.3 is 10.1 Å². The first-order valence-electron chi connectivity index (χ1n) is 10.9. The molecule has 1 N–H and O–H groups in total. The van der Waals surface area contributed by atoms with Crippen molar-refractivity contribution in [3.05, 3.63) is 0 Å². The van der Waals surface area contributed by atoms with E-state index in [0.717, 1.165) is 37.5 Å². The summed E-state index contributed by atoms with van der Waals surface area (Å²) < 4.78 is 5.08. The normalized spacial score (nSPS) is 30.4. The number of hydrogen-bond donors (Lipinski definition) is 1. The van der Waals surface area contributed by atoms with E-state index in [1.54, 1.807) is 0 Å². The van der Waals surface area contributed by atoms with Gasteiger partial charge in [-0.25, -0.2) is 0 Å². The van der Waals surface area contributed by atoms with Gasteiger partial charge in [-0.2, -0.15) is 0 Å². The summed E-state index contributed by atoms with van der Waals surface area (Å²) in [4.78, 5) is 12.2. The average molecular weight is 352 g/mol. The summed E-state index contributed by atoms with van der Waals surface area (Å²) in [7, 11) is 1.53. The Morgan fingerprint density at radius 2 is 1.32 bits per heavy atom. The largest absolute Gasteiger partial charge is 0.469 e. The molecule has 3 nitrogen and oxygen atoms in total. The van der Waals surface area contributed by atoms with Gasteiger partial charge in [0.1, 0.15) is 0 Å². The molecule has 0 aliphatic heterocycles. The van der Waals surface area contributed by atoms with E-state index in [-0.39, 0.29) is 11.4 Å². The standard InChI is InChI=1S/C22H41NO2/c1-22(21(24)25-2)15-9-5-8-13-20(14-10-16-22)18-23-17-19-11-6-3-4-7-12-19/h19-20,23H,3-18H2,1-2H3. The number of hydrogen-bond acceptors (Lipinski definition) is 3. The van der Waals surface area contributed by atoms with Crippen LogP contribution in [0.2, 0.25) is 0 Å². The monoisotopic (exact) mass is 351 g/mol. The lowest BCUT2D eigenvalue weighted by molar-refractivity contribution is -0.152. The van der Waals surface area contributed by atoms with Gasteiger partial charge in [-0.15, -0.1) is 0 Å². The maximum atomic E-state index is 12.2. The van der Waals surface area contributed by atoms with Crippen LogP contribution >= 0.6 is 0 Å². The zero-order valence-corrected chi connectivity index (χ0v) is 16.8. The summed E-state index contributed by atoms with van der Waals surface area (Å²) in [5, 5.41) is 3.80. The molecule has 2 rings (SSSR count). The molecule has 0 bridgehead atoms. The molecule has 0 aromatic heterocycles. The lowest BCUT2D eigenvalue weighted by Crippen LogP contribution is -2.31. The third-order valence-electron chi connectivity index (χ3n) is 6.70. The maximum absolute atomic E-state index is 12.2. The fourth-order valence-corrected chi connectivity index (χ4v) is 4.89. The fourth-order valence-electron chi connectivity index (χ4n) is 4.89. The summed E-state index contributed by atoms with van der Waals surface area (Å²) in [6.45, 7) is 4.50. The molecule has 2 atom stereocenters. The third kappa shape index (κ3) is 7.29. The van der Waals surface area contributed by atoms with E-state index in [9.17, 15) is 4.79 Å². The molecular formula is C22H41NO2. The topological polar surface area (TPSA) is 38.3 Å². The Bertz CT molecular complexity index is 376. The molecule has 2 aliphatic rings. The van der Waals surface area contributed by atoms with Crippen LogP contribution in [0.3, 0.4) is 0 Å². The molecule has 0 heterocycles. The molecule has 3 heteroatoms. The number of esters is 1. The lowest BCUT2D eigenvalue weighted by atomic mass is 9.77. The minimum absolute atomic E-state index is 0.00360. The molecule has 2 fully saturated rings. The quantitative estimate of drug-likeness (QED) is 0.527. The smallest absolute Gasteiger partial charge is 0.311 e. The van der Waals surface area contributed by atoms with Gasteiger partial charge in [0.25, 0.3) is 0 Å². The number of carbonyl (C=O) groups excluding carboxylic acids is 1.